The lowest BCUT2D eigenvalue weighted by molar-refractivity contribution is -0.120. The Balaban J connectivity index is 1.66. The zero-order valence-electron chi connectivity index (χ0n) is 12.9. The van der Waals surface area contributed by atoms with Crippen LogP contribution in [0.3, 0.4) is 0 Å². The van der Waals surface area contributed by atoms with Gasteiger partial charge in [-0.3, -0.25) is 9.59 Å². The molecule has 4 rings (SSSR count). The molecule has 1 N–H and O–H groups in total. The number of benzene rings is 2. The number of phenols is 1. The minimum absolute atomic E-state index is 0.00816. The molecule has 2 aromatic carbocycles. The molecule has 7 heteroatoms. The molecule has 0 spiro atoms. The summed E-state index contributed by atoms with van der Waals surface area (Å²) in [6.07, 6.45) is 1.59. The average molecular weight is 358 g/mol. The summed E-state index contributed by atoms with van der Waals surface area (Å²) in [6, 6.07) is 9.51. The van der Waals surface area contributed by atoms with Gasteiger partial charge in [0.1, 0.15) is 5.75 Å². The van der Waals surface area contributed by atoms with Gasteiger partial charge in [-0.1, -0.05) is 17.7 Å². The largest absolute Gasteiger partial charge is 0.506 e. The molecule has 0 bridgehead atoms. The Hall–Kier alpha value is -2.99. The topological polar surface area (TPSA) is 76.1 Å². The molecular weight excluding hydrogens is 346 g/mol. The van der Waals surface area contributed by atoms with Crippen LogP contribution in [0.5, 0.6) is 17.2 Å². The summed E-state index contributed by atoms with van der Waals surface area (Å²) in [7, 11) is 0. The molecule has 0 saturated carbocycles. The number of fused-ring (bicyclic) bond motifs is 1. The Labute approximate surface area is 147 Å². The Morgan fingerprint density at radius 2 is 1.88 bits per heavy atom. The van der Waals surface area contributed by atoms with E-state index in [0.717, 1.165) is 4.90 Å². The molecule has 2 heterocycles. The molecule has 0 radical (unpaired) electrons. The van der Waals surface area contributed by atoms with Crippen molar-refractivity contribution < 1.29 is 24.2 Å². The number of nitrogens with zero attached hydrogens (tertiary/aromatic N) is 1. The third-order valence-corrected chi connectivity index (χ3v) is 4.30. The number of aromatic hydroxyl groups is 1. The SMILES string of the molecule is O=C1C/C(=C\c2ccc(O)c(Cl)c2)C(=O)N1c1ccc2c(c1)OCO2. The van der Waals surface area contributed by atoms with Crippen molar-refractivity contribution >= 4 is 35.2 Å². The third-order valence-electron chi connectivity index (χ3n) is 4.00. The number of carbonyl (C=O) groups is 2. The quantitative estimate of drug-likeness (QED) is 0.660. The number of anilines is 1. The Morgan fingerprint density at radius 3 is 2.68 bits per heavy atom. The van der Waals surface area contributed by atoms with Crippen LogP contribution >= 0.6 is 11.6 Å². The van der Waals surface area contributed by atoms with Crippen molar-refractivity contribution in [3.8, 4) is 17.2 Å². The molecule has 2 amide bonds. The van der Waals surface area contributed by atoms with Gasteiger partial charge in [0.25, 0.3) is 5.91 Å². The monoisotopic (exact) mass is 357 g/mol. The van der Waals surface area contributed by atoms with E-state index in [2.05, 4.69) is 0 Å². The van der Waals surface area contributed by atoms with E-state index in [9.17, 15) is 14.7 Å². The van der Waals surface area contributed by atoms with E-state index in [0.29, 0.717) is 28.3 Å². The van der Waals surface area contributed by atoms with E-state index < -0.39 is 5.91 Å². The fraction of sp³-hybridized carbons (Fsp3) is 0.111. The zero-order valence-corrected chi connectivity index (χ0v) is 13.6. The molecule has 6 nitrogen and oxygen atoms in total. The van der Waals surface area contributed by atoms with Gasteiger partial charge in [-0.15, -0.1) is 0 Å². The van der Waals surface area contributed by atoms with Crippen molar-refractivity contribution in [3.63, 3.8) is 0 Å². The van der Waals surface area contributed by atoms with Gasteiger partial charge in [-0.2, -0.15) is 0 Å². The fourth-order valence-corrected chi connectivity index (χ4v) is 2.98. The molecular formula is C18H12ClNO5. The van der Waals surface area contributed by atoms with Crippen LogP contribution in [0.1, 0.15) is 12.0 Å². The molecule has 2 aliphatic heterocycles. The lowest BCUT2D eigenvalue weighted by Gasteiger charge is -2.13. The predicted molar refractivity (Wildman–Crippen MR) is 90.8 cm³/mol. The molecule has 0 aliphatic carbocycles. The van der Waals surface area contributed by atoms with Crippen LogP contribution < -0.4 is 14.4 Å². The summed E-state index contributed by atoms with van der Waals surface area (Å²) in [6.45, 7) is 0.118. The van der Waals surface area contributed by atoms with Gasteiger partial charge >= 0.3 is 0 Å². The average Bonchev–Trinajstić information content (AvgIpc) is 3.15. The molecule has 2 aliphatic rings. The number of hydrogen-bond donors (Lipinski definition) is 1. The maximum absolute atomic E-state index is 12.7. The maximum Gasteiger partial charge on any atom is 0.261 e. The van der Waals surface area contributed by atoms with Gasteiger partial charge in [0.05, 0.1) is 17.1 Å². The summed E-state index contributed by atoms with van der Waals surface area (Å²) in [5, 5.41) is 9.64. The standard InChI is InChI=1S/C18H12ClNO5/c19-13-6-10(1-3-14(13)21)5-11-7-17(22)20(18(11)23)12-2-4-15-16(8-12)25-9-24-15/h1-6,8,21H,7,9H2/b11-5+. The molecule has 25 heavy (non-hydrogen) atoms. The first-order valence-electron chi connectivity index (χ1n) is 7.49. The number of halogens is 1. The first kappa shape index (κ1) is 15.5. The van der Waals surface area contributed by atoms with Crippen LogP contribution in [-0.2, 0) is 9.59 Å². The van der Waals surface area contributed by atoms with E-state index in [1.807, 2.05) is 0 Å². The normalized spacial score (nSPS) is 17.6. The van der Waals surface area contributed by atoms with Gasteiger partial charge in [0.15, 0.2) is 11.5 Å². The van der Waals surface area contributed by atoms with Crippen molar-refractivity contribution in [3.05, 3.63) is 52.6 Å². The predicted octanol–water partition coefficient (Wildman–Crippen LogP) is 3.12. The molecule has 126 valence electrons. The van der Waals surface area contributed by atoms with Crippen molar-refractivity contribution in [1.82, 2.24) is 0 Å². The molecule has 1 fully saturated rings. The van der Waals surface area contributed by atoms with E-state index >= 15 is 0 Å². The highest BCUT2D eigenvalue weighted by Crippen LogP contribution is 2.37. The van der Waals surface area contributed by atoms with E-state index in [1.54, 1.807) is 30.3 Å². The molecule has 0 atom stereocenters. The van der Waals surface area contributed by atoms with Crippen molar-refractivity contribution in [2.24, 2.45) is 0 Å². The number of imide groups is 1. The highest BCUT2D eigenvalue weighted by atomic mass is 35.5. The first-order valence-corrected chi connectivity index (χ1v) is 7.87. The van der Waals surface area contributed by atoms with Gasteiger partial charge in [-0.05, 0) is 35.9 Å². The van der Waals surface area contributed by atoms with E-state index in [-0.39, 0.29) is 29.9 Å². The summed E-state index contributed by atoms with van der Waals surface area (Å²) >= 11 is 5.88. The van der Waals surface area contributed by atoms with Crippen LogP contribution in [0.15, 0.2) is 42.0 Å². The Bertz CT molecular complexity index is 937. The lowest BCUT2D eigenvalue weighted by atomic mass is 10.1. The summed E-state index contributed by atoms with van der Waals surface area (Å²) in [5.74, 6) is 0.325. The summed E-state index contributed by atoms with van der Waals surface area (Å²) in [4.78, 5) is 26.1. The highest BCUT2D eigenvalue weighted by Gasteiger charge is 2.35. The van der Waals surface area contributed by atoms with Gasteiger partial charge in [0, 0.05) is 11.6 Å². The second-order valence-electron chi connectivity index (χ2n) is 5.63. The first-order chi connectivity index (χ1) is 12.0. The highest BCUT2D eigenvalue weighted by molar-refractivity contribution is 6.32. The number of ether oxygens (including phenoxy) is 2. The van der Waals surface area contributed by atoms with Crippen LogP contribution in [0.2, 0.25) is 5.02 Å². The second kappa shape index (κ2) is 5.82. The van der Waals surface area contributed by atoms with E-state index in [1.165, 1.54) is 12.1 Å². The minimum atomic E-state index is -0.395. The van der Waals surface area contributed by atoms with Crippen molar-refractivity contribution in [2.75, 3.05) is 11.7 Å². The molecule has 2 aromatic rings. The van der Waals surface area contributed by atoms with Crippen LogP contribution in [-0.4, -0.2) is 23.7 Å². The summed E-state index contributed by atoms with van der Waals surface area (Å²) in [5.41, 5.74) is 1.42. The minimum Gasteiger partial charge on any atom is -0.506 e. The number of hydrogen-bond acceptors (Lipinski definition) is 5. The Morgan fingerprint density at radius 1 is 1.08 bits per heavy atom. The maximum atomic E-state index is 12.7. The molecule has 0 unspecified atom stereocenters. The van der Waals surface area contributed by atoms with Gasteiger partial charge < -0.3 is 14.6 Å². The van der Waals surface area contributed by atoms with Crippen LogP contribution in [0.25, 0.3) is 6.08 Å². The van der Waals surface area contributed by atoms with E-state index in [4.69, 9.17) is 21.1 Å². The molecule has 0 aromatic heterocycles. The lowest BCUT2D eigenvalue weighted by Crippen LogP contribution is -2.28. The van der Waals surface area contributed by atoms with Crippen molar-refractivity contribution in [1.29, 1.82) is 0 Å². The third kappa shape index (κ3) is 2.70. The summed E-state index contributed by atoms with van der Waals surface area (Å²) < 4.78 is 10.5. The van der Waals surface area contributed by atoms with Gasteiger partial charge in [0.2, 0.25) is 12.7 Å². The fourth-order valence-electron chi connectivity index (χ4n) is 2.79. The van der Waals surface area contributed by atoms with Crippen LogP contribution in [0.4, 0.5) is 5.69 Å². The number of amides is 2. The number of carbonyl (C=O) groups excluding carboxylic acids is 2. The second-order valence-corrected chi connectivity index (χ2v) is 6.04. The smallest absolute Gasteiger partial charge is 0.261 e. The Kier molecular flexibility index (Phi) is 3.62. The van der Waals surface area contributed by atoms with Crippen LogP contribution in [0, 0.1) is 0 Å². The van der Waals surface area contributed by atoms with Gasteiger partial charge in [-0.25, -0.2) is 4.90 Å². The van der Waals surface area contributed by atoms with Crippen molar-refractivity contribution in [2.45, 2.75) is 6.42 Å². The number of rotatable bonds is 2. The zero-order chi connectivity index (χ0) is 17.6. The molecule has 1 saturated heterocycles. The number of phenolic OH excluding ortho intramolecular Hbond substituents is 1.